The highest BCUT2D eigenvalue weighted by Gasteiger charge is 2.50. The molecule has 4 N–H and O–H groups in total. The molecule has 0 heterocycles. The Bertz CT molecular complexity index is 287. The zero-order valence-electron chi connectivity index (χ0n) is 9.82. The summed E-state index contributed by atoms with van der Waals surface area (Å²) < 4.78 is 0. The van der Waals surface area contributed by atoms with Crippen molar-refractivity contribution in [2.45, 2.75) is 39.2 Å². The number of nitrogens with one attached hydrogen (secondary N) is 1. The zero-order chi connectivity index (χ0) is 12.3. The predicted octanol–water partition coefficient (Wildman–Crippen LogP) is 0.341. The maximum Gasteiger partial charge on any atom is 0.311 e. The highest BCUT2D eigenvalue weighted by molar-refractivity contribution is 5.83. The van der Waals surface area contributed by atoms with Crippen LogP contribution in [0.3, 0.4) is 0 Å². The van der Waals surface area contributed by atoms with E-state index in [1.54, 1.807) is 0 Å². The van der Waals surface area contributed by atoms with E-state index in [-0.39, 0.29) is 18.4 Å². The summed E-state index contributed by atoms with van der Waals surface area (Å²) in [6.45, 7) is 4.08. The molecule has 0 aromatic rings. The van der Waals surface area contributed by atoms with Gasteiger partial charge in [0.2, 0.25) is 5.91 Å². The van der Waals surface area contributed by atoms with E-state index < -0.39 is 17.4 Å². The van der Waals surface area contributed by atoms with Crippen LogP contribution in [0.15, 0.2) is 0 Å². The smallest absolute Gasteiger partial charge is 0.311 e. The molecule has 92 valence electrons. The Hall–Kier alpha value is -1.10. The summed E-state index contributed by atoms with van der Waals surface area (Å²) in [5.74, 6) is -0.966. The molecule has 1 aliphatic carbocycles. The van der Waals surface area contributed by atoms with Crippen LogP contribution < -0.4 is 11.1 Å². The van der Waals surface area contributed by atoms with Crippen LogP contribution in [0.2, 0.25) is 0 Å². The lowest BCUT2D eigenvalue weighted by Crippen LogP contribution is -2.47. The first kappa shape index (κ1) is 13.0. The van der Waals surface area contributed by atoms with Gasteiger partial charge in [-0.15, -0.1) is 0 Å². The lowest BCUT2D eigenvalue weighted by molar-refractivity contribution is -0.143. The summed E-state index contributed by atoms with van der Waals surface area (Å²) in [7, 11) is 0. The van der Waals surface area contributed by atoms with Crippen molar-refractivity contribution >= 4 is 11.9 Å². The first-order valence-electron chi connectivity index (χ1n) is 5.69. The number of carboxylic acid groups (broad SMARTS) is 1. The number of carbonyl (C=O) groups is 2. The normalized spacial score (nSPS) is 20.9. The van der Waals surface area contributed by atoms with Gasteiger partial charge in [-0.3, -0.25) is 9.59 Å². The van der Waals surface area contributed by atoms with Gasteiger partial charge in [0.15, 0.2) is 0 Å². The number of amides is 1. The van der Waals surface area contributed by atoms with E-state index in [9.17, 15) is 9.59 Å². The molecular weight excluding hydrogens is 208 g/mol. The number of nitrogens with two attached hydrogens (primary N) is 1. The number of hydrogen-bond donors (Lipinski definition) is 3. The maximum absolute atomic E-state index is 11.6. The molecule has 1 unspecified atom stereocenters. The minimum Gasteiger partial charge on any atom is -0.481 e. The summed E-state index contributed by atoms with van der Waals surface area (Å²) in [5.41, 5.74) is 5.02. The summed E-state index contributed by atoms with van der Waals surface area (Å²) >= 11 is 0. The number of rotatable bonds is 6. The largest absolute Gasteiger partial charge is 0.481 e. The SMILES string of the molecule is CCC(C)[C@H](N)C(=O)NCC1(C(=O)O)CC1. The van der Waals surface area contributed by atoms with Crippen LogP contribution in [0.25, 0.3) is 0 Å². The Morgan fingerprint density at radius 3 is 2.44 bits per heavy atom. The van der Waals surface area contributed by atoms with E-state index in [1.165, 1.54) is 0 Å². The molecule has 5 heteroatoms. The van der Waals surface area contributed by atoms with Gasteiger partial charge in [0.05, 0.1) is 11.5 Å². The highest BCUT2D eigenvalue weighted by Crippen LogP contribution is 2.45. The van der Waals surface area contributed by atoms with Gasteiger partial charge < -0.3 is 16.2 Å². The summed E-state index contributed by atoms with van der Waals surface area (Å²) in [4.78, 5) is 22.5. The van der Waals surface area contributed by atoms with Crippen LogP contribution in [0.1, 0.15) is 33.1 Å². The van der Waals surface area contributed by atoms with Crippen molar-refractivity contribution in [3.8, 4) is 0 Å². The molecule has 1 amide bonds. The second-order valence-electron chi connectivity index (χ2n) is 4.71. The van der Waals surface area contributed by atoms with Gasteiger partial charge in [-0.05, 0) is 18.8 Å². The minimum atomic E-state index is -0.829. The quantitative estimate of drug-likeness (QED) is 0.611. The van der Waals surface area contributed by atoms with Crippen molar-refractivity contribution in [1.29, 1.82) is 0 Å². The lowest BCUT2D eigenvalue weighted by Gasteiger charge is -2.19. The molecule has 1 saturated carbocycles. The van der Waals surface area contributed by atoms with E-state index in [4.69, 9.17) is 10.8 Å². The van der Waals surface area contributed by atoms with E-state index in [0.717, 1.165) is 6.42 Å². The highest BCUT2D eigenvalue weighted by atomic mass is 16.4. The Balaban J connectivity index is 2.38. The van der Waals surface area contributed by atoms with E-state index in [1.807, 2.05) is 13.8 Å². The predicted molar refractivity (Wildman–Crippen MR) is 59.7 cm³/mol. The minimum absolute atomic E-state index is 0.111. The molecule has 0 aromatic heterocycles. The van der Waals surface area contributed by atoms with Gasteiger partial charge in [0.25, 0.3) is 0 Å². The molecule has 5 nitrogen and oxygen atoms in total. The summed E-state index contributed by atoms with van der Waals surface area (Å²) in [6, 6.07) is -0.547. The molecule has 0 radical (unpaired) electrons. The second kappa shape index (κ2) is 4.82. The average molecular weight is 228 g/mol. The molecule has 0 aliphatic heterocycles. The van der Waals surface area contributed by atoms with Gasteiger partial charge in [0, 0.05) is 6.54 Å². The molecule has 0 aromatic carbocycles. The van der Waals surface area contributed by atoms with E-state index in [2.05, 4.69) is 5.32 Å². The van der Waals surface area contributed by atoms with Gasteiger partial charge in [-0.25, -0.2) is 0 Å². The molecular formula is C11H20N2O3. The van der Waals surface area contributed by atoms with E-state index in [0.29, 0.717) is 12.8 Å². The fourth-order valence-electron chi connectivity index (χ4n) is 1.50. The Labute approximate surface area is 95.4 Å². The number of carboxylic acids is 1. The van der Waals surface area contributed by atoms with Crippen molar-refractivity contribution in [3.05, 3.63) is 0 Å². The first-order chi connectivity index (χ1) is 7.43. The fourth-order valence-corrected chi connectivity index (χ4v) is 1.50. The third kappa shape index (κ3) is 2.72. The Kier molecular flexibility index (Phi) is 3.91. The average Bonchev–Trinajstić information content (AvgIpc) is 3.04. The van der Waals surface area contributed by atoms with Gasteiger partial charge >= 0.3 is 5.97 Å². The summed E-state index contributed by atoms with van der Waals surface area (Å²) in [6.07, 6.45) is 2.11. The molecule has 1 aliphatic rings. The second-order valence-corrected chi connectivity index (χ2v) is 4.71. The van der Waals surface area contributed by atoms with Crippen LogP contribution >= 0.6 is 0 Å². The monoisotopic (exact) mass is 228 g/mol. The fraction of sp³-hybridized carbons (Fsp3) is 0.818. The Morgan fingerprint density at radius 2 is 2.06 bits per heavy atom. The van der Waals surface area contributed by atoms with Crippen LogP contribution in [0.4, 0.5) is 0 Å². The number of aliphatic carboxylic acids is 1. The van der Waals surface area contributed by atoms with Crippen LogP contribution in [0.5, 0.6) is 0 Å². The number of carbonyl (C=O) groups excluding carboxylic acids is 1. The third-order valence-corrected chi connectivity index (χ3v) is 3.47. The number of hydrogen-bond acceptors (Lipinski definition) is 3. The summed E-state index contributed by atoms with van der Waals surface area (Å²) in [5, 5.41) is 11.6. The van der Waals surface area contributed by atoms with Crippen molar-refractivity contribution < 1.29 is 14.7 Å². The van der Waals surface area contributed by atoms with Crippen molar-refractivity contribution in [2.75, 3.05) is 6.54 Å². The molecule has 0 bridgehead atoms. The van der Waals surface area contributed by atoms with Crippen molar-refractivity contribution in [2.24, 2.45) is 17.1 Å². The van der Waals surface area contributed by atoms with Crippen LogP contribution in [-0.2, 0) is 9.59 Å². The zero-order valence-corrected chi connectivity index (χ0v) is 9.82. The molecule has 16 heavy (non-hydrogen) atoms. The van der Waals surface area contributed by atoms with Crippen molar-refractivity contribution in [3.63, 3.8) is 0 Å². The van der Waals surface area contributed by atoms with E-state index >= 15 is 0 Å². The molecule has 0 spiro atoms. The van der Waals surface area contributed by atoms with Crippen LogP contribution in [0, 0.1) is 11.3 Å². The molecule has 2 atom stereocenters. The van der Waals surface area contributed by atoms with Crippen LogP contribution in [-0.4, -0.2) is 29.6 Å². The third-order valence-electron chi connectivity index (χ3n) is 3.47. The Morgan fingerprint density at radius 1 is 1.50 bits per heavy atom. The topological polar surface area (TPSA) is 92.4 Å². The standard InChI is InChI=1S/C11H20N2O3/c1-3-7(2)8(12)9(14)13-6-11(4-5-11)10(15)16/h7-8H,3-6,12H2,1-2H3,(H,13,14)(H,15,16)/t7?,8-/m0/s1. The maximum atomic E-state index is 11.6. The van der Waals surface area contributed by atoms with Gasteiger partial charge in [-0.1, -0.05) is 20.3 Å². The molecule has 0 saturated heterocycles. The van der Waals surface area contributed by atoms with Gasteiger partial charge in [0.1, 0.15) is 0 Å². The van der Waals surface area contributed by atoms with Gasteiger partial charge in [-0.2, -0.15) is 0 Å². The molecule has 1 fully saturated rings. The van der Waals surface area contributed by atoms with Crippen molar-refractivity contribution in [1.82, 2.24) is 5.32 Å². The lowest BCUT2D eigenvalue weighted by atomic mass is 9.99. The first-order valence-corrected chi connectivity index (χ1v) is 5.69. The molecule has 1 rings (SSSR count).